The molecule has 162 valence electrons. The molecular formula is C22H25N5O4. The fourth-order valence-corrected chi connectivity index (χ4v) is 3.97. The van der Waals surface area contributed by atoms with Gasteiger partial charge in [-0.25, -0.2) is 4.98 Å². The van der Waals surface area contributed by atoms with E-state index in [2.05, 4.69) is 31.4 Å². The number of methoxy groups -OCH3 is 1. The summed E-state index contributed by atoms with van der Waals surface area (Å²) in [5.41, 5.74) is 2.00. The number of pyridine rings is 1. The van der Waals surface area contributed by atoms with Crippen molar-refractivity contribution in [1.82, 2.24) is 20.0 Å². The van der Waals surface area contributed by atoms with E-state index in [1.54, 1.807) is 13.3 Å². The third-order valence-electron chi connectivity index (χ3n) is 5.55. The molecule has 4 heterocycles. The van der Waals surface area contributed by atoms with Gasteiger partial charge < -0.3 is 24.1 Å². The summed E-state index contributed by atoms with van der Waals surface area (Å²) < 4.78 is 21.6. The summed E-state index contributed by atoms with van der Waals surface area (Å²) in [6, 6.07) is 10.0. The van der Waals surface area contributed by atoms with Gasteiger partial charge >= 0.3 is 0 Å². The molecule has 1 N–H and O–H groups in total. The van der Waals surface area contributed by atoms with Crippen LogP contribution in [0.1, 0.15) is 30.3 Å². The highest BCUT2D eigenvalue weighted by atomic mass is 16.7. The summed E-state index contributed by atoms with van der Waals surface area (Å²) in [6.45, 7) is 3.40. The summed E-state index contributed by atoms with van der Waals surface area (Å²) in [7, 11) is 1.67. The van der Waals surface area contributed by atoms with Gasteiger partial charge in [0.1, 0.15) is 5.82 Å². The first-order chi connectivity index (χ1) is 15.3. The van der Waals surface area contributed by atoms with Gasteiger partial charge in [0, 0.05) is 32.0 Å². The second kappa shape index (κ2) is 8.91. The summed E-state index contributed by atoms with van der Waals surface area (Å²) in [5, 5.41) is 7.39. The van der Waals surface area contributed by atoms with Crippen LogP contribution in [0.4, 0.5) is 5.82 Å². The number of hydrogen-bond acceptors (Lipinski definition) is 9. The van der Waals surface area contributed by atoms with Crippen molar-refractivity contribution in [2.24, 2.45) is 0 Å². The van der Waals surface area contributed by atoms with E-state index in [1.165, 1.54) is 5.56 Å². The number of aromatic nitrogens is 3. The van der Waals surface area contributed by atoms with Crippen LogP contribution >= 0.6 is 0 Å². The van der Waals surface area contributed by atoms with Crippen molar-refractivity contribution in [3.8, 4) is 22.9 Å². The minimum atomic E-state index is 0.106. The van der Waals surface area contributed by atoms with E-state index in [1.807, 2.05) is 24.3 Å². The van der Waals surface area contributed by atoms with Crippen LogP contribution in [0.2, 0.25) is 0 Å². The third-order valence-corrected chi connectivity index (χ3v) is 5.55. The number of fused-ring (bicyclic) bond motifs is 1. The topological polar surface area (TPSA) is 94.8 Å². The van der Waals surface area contributed by atoms with Crippen LogP contribution in [-0.4, -0.2) is 53.6 Å². The molecule has 9 nitrogen and oxygen atoms in total. The molecule has 0 spiro atoms. The molecule has 1 aromatic carbocycles. The van der Waals surface area contributed by atoms with Gasteiger partial charge in [-0.15, -0.1) is 0 Å². The first-order valence-electron chi connectivity index (χ1n) is 10.5. The number of anilines is 1. The Hall–Kier alpha value is -3.17. The Bertz CT molecular complexity index is 1020. The van der Waals surface area contributed by atoms with Crippen molar-refractivity contribution in [3.05, 3.63) is 48.0 Å². The van der Waals surface area contributed by atoms with Gasteiger partial charge in [0.15, 0.2) is 11.5 Å². The highest BCUT2D eigenvalue weighted by Gasteiger charge is 2.31. The van der Waals surface area contributed by atoms with Crippen LogP contribution in [0, 0.1) is 0 Å². The lowest BCUT2D eigenvalue weighted by atomic mass is 10.1. The lowest BCUT2D eigenvalue weighted by Crippen LogP contribution is -2.23. The maximum atomic E-state index is 5.65. The minimum absolute atomic E-state index is 0.106. The van der Waals surface area contributed by atoms with Crippen molar-refractivity contribution >= 4 is 5.82 Å². The van der Waals surface area contributed by atoms with Crippen LogP contribution in [-0.2, 0) is 11.3 Å². The average Bonchev–Trinajstić information content (AvgIpc) is 3.55. The second-order valence-electron chi connectivity index (χ2n) is 7.62. The molecule has 0 bridgehead atoms. The SMILES string of the molecule is COCCNc1ccc(-c2noc([C@@H]3CCCN3Cc3ccc4c(c3)OCO4)n2)cn1. The van der Waals surface area contributed by atoms with Crippen molar-refractivity contribution in [2.45, 2.75) is 25.4 Å². The molecular weight excluding hydrogens is 398 g/mol. The molecule has 1 atom stereocenters. The Morgan fingerprint density at radius 1 is 1.19 bits per heavy atom. The Morgan fingerprint density at radius 3 is 3.00 bits per heavy atom. The highest BCUT2D eigenvalue weighted by molar-refractivity contribution is 5.55. The van der Waals surface area contributed by atoms with Gasteiger partial charge in [0.05, 0.1) is 12.6 Å². The average molecular weight is 423 g/mol. The molecule has 0 saturated carbocycles. The maximum absolute atomic E-state index is 5.65. The molecule has 0 radical (unpaired) electrons. The molecule has 2 aliphatic rings. The number of nitrogens with zero attached hydrogens (tertiary/aromatic N) is 4. The number of likely N-dealkylation sites (tertiary alicyclic amines) is 1. The zero-order valence-corrected chi connectivity index (χ0v) is 17.4. The van der Waals surface area contributed by atoms with Gasteiger partial charge in [0.25, 0.3) is 0 Å². The fourth-order valence-electron chi connectivity index (χ4n) is 3.97. The van der Waals surface area contributed by atoms with Crippen LogP contribution in [0.5, 0.6) is 11.5 Å². The van der Waals surface area contributed by atoms with E-state index in [9.17, 15) is 0 Å². The lowest BCUT2D eigenvalue weighted by molar-refractivity contribution is 0.173. The molecule has 1 fully saturated rings. The lowest BCUT2D eigenvalue weighted by Gasteiger charge is -2.21. The molecule has 2 aliphatic heterocycles. The van der Waals surface area contributed by atoms with E-state index < -0.39 is 0 Å². The predicted molar refractivity (Wildman–Crippen MR) is 113 cm³/mol. The number of benzene rings is 1. The largest absolute Gasteiger partial charge is 0.454 e. The van der Waals surface area contributed by atoms with E-state index in [0.29, 0.717) is 24.9 Å². The Kier molecular flexibility index (Phi) is 5.68. The molecule has 2 aromatic heterocycles. The van der Waals surface area contributed by atoms with E-state index in [-0.39, 0.29) is 12.8 Å². The zero-order valence-electron chi connectivity index (χ0n) is 17.4. The van der Waals surface area contributed by atoms with Gasteiger partial charge in [-0.1, -0.05) is 11.2 Å². The third kappa shape index (κ3) is 4.33. The molecule has 0 amide bonds. The molecule has 0 aliphatic carbocycles. The Labute approximate surface area is 180 Å². The van der Waals surface area contributed by atoms with Gasteiger partial charge in [-0.05, 0) is 49.2 Å². The second-order valence-corrected chi connectivity index (χ2v) is 7.62. The summed E-state index contributed by atoms with van der Waals surface area (Å²) in [5.74, 6) is 3.60. The summed E-state index contributed by atoms with van der Waals surface area (Å²) in [6.07, 6.45) is 3.84. The van der Waals surface area contributed by atoms with E-state index in [0.717, 1.165) is 48.8 Å². The monoisotopic (exact) mass is 423 g/mol. The van der Waals surface area contributed by atoms with Crippen LogP contribution < -0.4 is 14.8 Å². The van der Waals surface area contributed by atoms with Crippen molar-refractivity contribution < 1.29 is 18.7 Å². The predicted octanol–water partition coefficient (Wildman–Crippen LogP) is 3.26. The Balaban J connectivity index is 1.26. The fraction of sp³-hybridized carbons (Fsp3) is 0.409. The van der Waals surface area contributed by atoms with Crippen molar-refractivity contribution in [2.75, 3.05) is 38.9 Å². The smallest absolute Gasteiger partial charge is 0.244 e. The van der Waals surface area contributed by atoms with E-state index in [4.69, 9.17) is 18.7 Å². The normalized spacial score (nSPS) is 17.9. The molecule has 0 unspecified atom stereocenters. The standard InChI is InChI=1S/C22H25N5O4/c1-28-10-8-23-20-7-5-16(12-24-20)21-25-22(31-26-21)17-3-2-9-27(17)13-15-4-6-18-19(11-15)30-14-29-18/h4-7,11-12,17H,2-3,8-10,13-14H2,1H3,(H,23,24)/t17-/m0/s1. The molecule has 31 heavy (non-hydrogen) atoms. The first-order valence-corrected chi connectivity index (χ1v) is 10.5. The van der Waals surface area contributed by atoms with Crippen LogP contribution in [0.25, 0.3) is 11.4 Å². The van der Waals surface area contributed by atoms with Crippen LogP contribution in [0.3, 0.4) is 0 Å². The van der Waals surface area contributed by atoms with Gasteiger partial charge in [0.2, 0.25) is 18.5 Å². The molecule has 1 saturated heterocycles. The Morgan fingerprint density at radius 2 is 2.13 bits per heavy atom. The minimum Gasteiger partial charge on any atom is -0.454 e. The van der Waals surface area contributed by atoms with Gasteiger partial charge in [-0.2, -0.15) is 4.98 Å². The van der Waals surface area contributed by atoms with Crippen LogP contribution in [0.15, 0.2) is 41.1 Å². The van der Waals surface area contributed by atoms with Crippen molar-refractivity contribution in [3.63, 3.8) is 0 Å². The number of hydrogen-bond donors (Lipinski definition) is 1. The maximum Gasteiger partial charge on any atom is 0.244 e. The number of ether oxygens (including phenoxy) is 3. The quantitative estimate of drug-likeness (QED) is 0.548. The molecule has 3 aromatic rings. The number of nitrogens with one attached hydrogen (secondary N) is 1. The van der Waals surface area contributed by atoms with Gasteiger partial charge in [-0.3, -0.25) is 4.90 Å². The van der Waals surface area contributed by atoms with Crippen molar-refractivity contribution in [1.29, 1.82) is 0 Å². The summed E-state index contributed by atoms with van der Waals surface area (Å²) >= 11 is 0. The molecule has 9 heteroatoms. The molecule has 5 rings (SSSR count). The van der Waals surface area contributed by atoms with E-state index >= 15 is 0 Å². The number of rotatable bonds is 8. The summed E-state index contributed by atoms with van der Waals surface area (Å²) in [4.78, 5) is 11.5. The zero-order chi connectivity index (χ0) is 21.0. The highest BCUT2D eigenvalue weighted by Crippen LogP contribution is 2.36. The first kappa shape index (κ1) is 19.8.